The summed E-state index contributed by atoms with van der Waals surface area (Å²) in [7, 11) is 0. The lowest BCUT2D eigenvalue weighted by atomic mass is 9.91. The molecule has 108 valence electrons. The molecule has 1 aromatic carbocycles. The van der Waals surface area contributed by atoms with Crippen molar-refractivity contribution in [3.8, 4) is 0 Å². The SMILES string of the molecule is NCC1OCCN(C2CC2)C1c1ccccc1C1CC1. The first-order valence-corrected chi connectivity index (χ1v) is 8.04. The molecule has 1 aliphatic heterocycles. The van der Waals surface area contributed by atoms with Crippen LogP contribution < -0.4 is 5.73 Å². The Bertz CT molecular complexity index is 482. The van der Waals surface area contributed by atoms with Gasteiger partial charge in [0.2, 0.25) is 0 Å². The van der Waals surface area contributed by atoms with Gasteiger partial charge in [-0.2, -0.15) is 0 Å². The minimum atomic E-state index is 0.157. The van der Waals surface area contributed by atoms with Crippen LogP contribution in [0.5, 0.6) is 0 Å². The molecule has 0 spiro atoms. The van der Waals surface area contributed by atoms with Crippen molar-refractivity contribution in [1.82, 2.24) is 4.90 Å². The van der Waals surface area contributed by atoms with Gasteiger partial charge in [0, 0.05) is 19.1 Å². The van der Waals surface area contributed by atoms with Gasteiger partial charge in [-0.15, -0.1) is 0 Å². The van der Waals surface area contributed by atoms with Gasteiger partial charge in [0.15, 0.2) is 0 Å². The zero-order chi connectivity index (χ0) is 13.5. The molecule has 2 N–H and O–H groups in total. The molecule has 0 radical (unpaired) electrons. The number of nitrogens with zero attached hydrogens (tertiary/aromatic N) is 1. The second-order valence-corrected chi connectivity index (χ2v) is 6.46. The lowest BCUT2D eigenvalue weighted by Crippen LogP contribution is -2.49. The van der Waals surface area contributed by atoms with Crippen LogP contribution in [0, 0.1) is 0 Å². The van der Waals surface area contributed by atoms with Gasteiger partial charge < -0.3 is 10.5 Å². The first-order chi connectivity index (χ1) is 9.88. The molecule has 3 aliphatic rings. The Morgan fingerprint density at radius 2 is 1.85 bits per heavy atom. The lowest BCUT2D eigenvalue weighted by molar-refractivity contribution is -0.0715. The molecule has 3 fully saturated rings. The highest BCUT2D eigenvalue weighted by molar-refractivity contribution is 5.37. The predicted molar refractivity (Wildman–Crippen MR) is 79.7 cm³/mol. The Labute approximate surface area is 121 Å². The van der Waals surface area contributed by atoms with Crippen LogP contribution in [0.25, 0.3) is 0 Å². The van der Waals surface area contributed by atoms with E-state index >= 15 is 0 Å². The molecule has 20 heavy (non-hydrogen) atoms. The molecule has 1 heterocycles. The van der Waals surface area contributed by atoms with Crippen molar-refractivity contribution < 1.29 is 4.74 Å². The van der Waals surface area contributed by atoms with Crippen molar-refractivity contribution >= 4 is 0 Å². The molecule has 3 heteroatoms. The van der Waals surface area contributed by atoms with Gasteiger partial charge in [-0.3, -0.25) is 4.90 Å². The molecule has 1 saturated heterocycles. The van der Waals surface area contributed by atoms with E-state index in [-0.39, 0.29) is 6.10 Å². The van der Waals surface area contributed by atoms with Crippen molar-refractivity contribution in [2.75, 3.05) is 19.7 Å². The van der Waals surface area contributed by atoms with Crippen molar-refractivity contribution in [3.05, 3.63) is 35.4 Å². The number of ether oxygens (including phenoxy) is 1. The van der Waals surface area contributed by atoms with Crippen LogP contribution in [0.1, 0.15) is 48.8 Å². The third-order valence-corrected chi connectivity index (χ3v) is 4.97. The minimum Gasteiger partial charge on any atom is -0.374 e. The maximum atomic E-state index is 6.00. The topological polar surface area (TPSA) is 38.5 Å². The van der Waals surface area contributed by atoms with Crippen LogP contribution in [0.4, 0.5) is 0 Å². The van der Waals surface area contributed by atoms with Crippen LogP contribution in [0.3, 0.4) is 0 Å². The Morgan fingerprint density at radius 1 is 1.10 bits per heavy atom. The Balaban J connectivity index is 1.71. The summed E-state index contributed by atoms with van der Waals surface area (Å²) < 4.78 is 5.99. The van der Waals surface area contributed by atoms with E-state index in [0.29, 0.717) is 12.6 Å². The number of rotatable bonds is 4. The van der Waals surface area contributed by atoms with E-state index in [2.05, 4.69) is 29.2 Å². The third-order valence-electron chi connectivity index (χ3n) is 4.97. The minimum absolute atomic E-state index is 0.157. The summed E-state index contributed by atoms with van der Waals surface area (Å²) in [6, 6.07) is 10.1. The number of hydrogen-bond donors (Lipinski definition) is 1. The average Bonchev–Trinajstić information content (AvgIpc) is 3.39. The monoisotopic (exact) mass is 272 g/mol. The van der Waals surface area contributed by atoms with E-state index < -0.39 is 0 Å². The van der Waals surface area contributed by atoms with Gasteiger partial charge in [-0.1, -0.05) is 24.3 Å². The quantitative estimate of drug-likeness (QED) is 0.915. The molecule has 1 aromatic rings. The summed E-state index contributed by atoms with van der Waals surface area (Å²) in [6.07, 6.45) is 5.55. The summed E-state index contributed by atoms with van der Waals surface area (Å²) in [5.74, 6) is 0.785. The van der Waals surface area contributed by atoms with Crippen LogP contribution in [-0.4, -0.2) is 36.7 Å². The molecule has 2 atom stereocenters. The maximum Gasteiger partial charge on any atom is 0.0894 e. The average molecular weight is 272 g/mol. The zero-order valence-electron chi connectivity index (χ0n) is 12.0. The zero-order valence-corrected chi connectivity index (χ0v) is 12.0. The first kappa shape index (κ1) is 12.8. The molecule has 2 aliphatic carbocycles. The normalized spacial score (nSPS) is 31.4. The van der Waals surface area contributed by atoms with Crippen molar-refractivity contribution in [2.24, 2.45) is 5.73 Å². The standard InChI is InChI=1S/C17H24N2O/c18-11-16-17(19(9-10-20-16)13-7-8-13)15-4-2-1-3-14(15)12-5-6-12/h1-4,12-13,16-17H,5-11,18H2. The van der Waals surface area contributed by atoms with Crippen LogP contribution >= 0.6 is 0 Å². The van der Waals surface area contributed by atoms with E-state index in [1.165, 1.54) is 31.2 Å². The van der Waals surface area contributed by atoms with Crippen molar-refractivity contribution in [1.29, 1.82) is 0 Å². The van der Waals surface area contributed by atoms with Gasteiger partial charge in [0.1, 0.15) is 0 Å². The summed E-state index contributed by atoms with van der Waals surface area (Å²) in [6.45, 7) is 2.51. The second kappa shape index (κ2) is 5.14. The van der Waals surface area contributed by atoms with E-state index in [4.69, 9.17) is 10.5 Å². The molecule has 0 amide bonds. The van der Waals surface area contributed by atoms with Gasteiger partial charge >= 0.3 is 0 Å². The first-order valence-electron chi connectivity index (χ1n) is 8.04. The maximum absolute atomic E-state index is 6.00. The Kier molecular flexibility index (Phi) is 3.29. The van der Waals surface area contributed by atoms with Gasteiger partial charge in [-0.05, 0) is 42.7 Å². The smallest absolute Gasteiger partial charge is 0.0894 e. The number of hydrogen-bond acceptors (Lipinski definition) is 3. The highest BCUT2D eigenvalue weighted by Gasteiger charge is 2.42. The second-order valence-electron chi connectivity index (χ2n) is 6.46. The molecule has 2 unspecified atom stereocenters. The van der Waals surface area contributed by atoms with E-state index in [1.54, 1.807) is 5.56 Å². The summed E-state index contributed by atoms with van der Waals surface area (Å²) >= 11 is 0. The molecule has 3 nitrogen and oxygen atoms in total. The van der Waals surface area contributed by atoms with Gasteiger partial charge in [0.25, 0.3) is 0 Å². The summed E-state index contributed by atoms with van der Waals surface area (Å²) in [5.41, 5.74) is 9.04. The Morgan fingerprint density at radius 3 is 2.50 bits per heavy atom. The molecular weight excluding hydrogens is 248 g/mol. The third kappa shape index (κ3) is 2.28. The molecule has 0 bridgehead atoms. The van der Waals surface area contributed by atoms with E-state index in [9.17, 15) is 0 Å². The van der Waals surface area contributed by atoms with Crippen LogP contribution in [0.2, 0.25) is 0 Å². The fourth-order valence-corrected chi connectivity index (χ4v) is 3.69. The largest absolute Gasteiger partial charge is 0.374 e. The molecule has 2 saturated carbocycles. The highest BCUT2D eigenvalue weighted by atomic mass is 16.5. The Hall–Kier alpha value is -0.900. The number of benzene rings is 1. The number of morpholine rings is 1. The lowest BCUT2D eigenvalue weighted by Gasteiger charge is -2.42. The van der Waals surface area contributed by atoms with E-state index in [0.717, 1.165) is 25.1 Å². The van der Waals surface area contributed by atoms with Crippen molar-refractivity contribution in [3.63, 3.8) is 0 Å². The highest BCUT2D eigenvalue weighted by Crippen LogP contribution is 2.46. The van der Waals surface area contributed by atoms with Crippen LogP contribution in [0.15, 0.2) is 24.3 Å². The fourth-order valence-electron chi connectivity index (χ4n) is 3.69. The predicted octanol–water partition coefficient (Wildman–Crippen LogP) is 2.43. The molecule has 0 aromatic heterocycles. The van der Waals surface area contributed by atoms with Gasteiger partial charge in [-0.25, -0.2) is 0 Å². The van der Waals surface area contributed by atoms with Crippen LogP contribution in [-0.2, 0) is 4.74 Å². The molecule has 4 rings (SSSR count). The molecular formula is C17H24N2O. The fraction of sp³-hybridized carbons (Fsp3) is 0.647. The summed E-state index contributed by atoms with van der Waals surface area (Å²) in [5, 5.41) is 0. The number of nitrogens with two attached hydrogens (primary N) is 1. The van der Waals surface area contributed by atoms with Gasteiger partial charge in [0.05, 0.1) is 18.8 Å². The van der Waals surface area contributed by atoms with E-state index in [1.807, 2.05) is 0 Å². The van der Waals surface area contributed by atoms with Crippen molar-refractivity contribution in [2.45, 2.75) is 49.8 Å². The summed E-state index contributed by atoms with van der Waals surface area (Å²) in [4.78, 5) is 2.67.